The van der Waals surface area contributed by atoms with Crippen LogP contribution in [-0.4, -0.2) is 18.1 Å². The summed E-state index contributed by atoms with van der Waals surface area (Å²) in [6.07, 6.45) is 1.56. The van der Waals surface area contributed by atoms with Crippen molar-refractivity contribution in [1.29, 1.82) is 0 Å². The summed E-state index contributed by atoms with van der Waals surface area (Å²) in [5.74, 6) is 2.40. The van der Waals surface area contributed by atoms with E-state index in [0.717, 1.165) is 24.8 Å². The Morgan fingerprint density at radius 2 is 1.86 bits per heavy atom. The molecule has 0 aliphatic carbocycles. The Morgan fingerprint density at radius 3 is 2.45 bits per heavy atom. The molecule has 112 valence electrons. The van der Waals surface area contributed by atoms with E-state index in [4.69, 9.17) is 5.73 Å². The van der Waals surface area contributed by atoms with Crippen molar-refractivity contribution < 1.29 is 18.3 Å². The van der Waals surface area contributed by atoms with Crippen LogP contribution >= 0.6 is 0 Å². The Kier molecular flexibility index (Phi) is 4.37. The van der Waals surface area contributed by atoms with Gasteiger partial charge in [0.25, 0.3) is 0 Å². The number of pyridine rings is 1. The van der Waals surface area contributed by atoms with Crippen LogP contribution in [0.4, 0.5) is 14.6 Å². The van der Waals surface area contributed by atoms with Crippen LogP contribution in [-0.2, 0) is 4.74 Å². The van der Waals surface area contributed by atoms with Gasteiger partial charge in [-0.05, 0) is 30.7 Å². The Balaban J connectivity index is 2.45. The van der Waals surface area contributed by atoms with E-state index in [1.807, 2.05) is 0 Å². The van der Waals surface area contributed by atoms with Crippen molar-refractivity contribution in [1.82, 2.24) is 4.98 Å². The third-order valence-electron chi connectivity index (χ3n) is 2.84. The molecule has 0 unspecified atom stereocenters. The summed E-state index contributed by atoms with van der Waals surface area (Å²) in [5.41, 5.74) is 6.17. The molecule has 2 aromatic rings. The molecule has 2 N–H and O–H groups in total. The quantitative estimate of drug-likeness (QED) is 0.649. The van der Waals surface area contributed by atoms with Crippen LogP contribution in [0.2, 0.25) is 0 Å². The lowest BCUT2D eigenvalue weighted by Crippen LogP contribution is -2.04. The van der Waals surface area contributed by atoms with Gasteiger partial charge in [0.15, 0.2) is 0 Å². The van der Waals surface area contributed by atoms with Crippen molar-refractivity contribution >= 4 is 11.8 Å². The van der Waals surface area contributed by atoms with Gasteiger partial charge >= 0.3 is 5.97 Å². The number of carbonyl (C=O) groups excluding carboxylic acids is 1. The number of benzene rings is 1. The minimum Gasteiger partial charge on any atom is -0.465 e. The van der Waals surface area contributed by atoms with Crippen LogP contribution in [0, 0.1) is 30.4 Å². The molecule has 1 heterocycles. The maximum absolute atomic E-state index is 13.9. The van der Waals surface area contributed by atoms with Crippen LogP contribution in [0.15, 0.2) is 24.4 Å². The van der Waals surface area contributed by atoms with Gasteiger partial charge in [0.2, 0.25) is 0 Å². The molecule has 0 aliphatic heterocycles. The van der Waals surface area contributed by atoms with Crippen molar-refractivity contribution in [2.75, 3.05) is 12.8 Å². The first-order valence-electron chi connectivity index (χ1n) is 6.24. The highest BCUT2D eigenvalue weighted by atomic mass is 19.1. The smallest absolute Gasteiger partial charge is 0.338 e. The number of rotatable bonds is 1. The number of hydrogen-bond donors (Lipinski definition) is 1. The number of esters is 1. The second-order valence-corrected chi connectivity index (χ2v) is 4.50. The summed E-state index contributed by atoms with van der Waals surface area (Å²) in [6, 6.07) is 3.40. The largest absolute Gasteiger partial charge is 0.465 e. The monoisotopic (exact) mass is 302 g/mol. The third kappa shape index (κ3) is 3.20. The van der Waals surface area contributed by atoms with Gasteiger partial charge in [0, 0.05) is 6.20 Å². The van der Waals surface area contributed by atoms with Crippen molar-refractivity contribution in [2.45, 2.75) is 6.92 Å². The standard InChI is InChI=1S/C16H12F2N2O2/c1-9-5-10(15(19)20-8-9)3-4-12-13(17)6-11(7-14(12)18)16(21)22-2/h5-8H,1-2H3,(H2,19,20). The Bertz CT molecular complexity index is 785. The Morgan fingerprint density at radius 1 is 1.23 bits per heavy atom. The van der Waals surface area contributed by atoms with E-state index in [1.54, 1.807) is 19.2 Å². The van der Waals surface area contributed by atoms with Crippen molar-refractivity contribution in [2.24, 2.45) is 0 Å². The Hall–Kier alpha value is -2.94. The lowest BCUT2D eigenvalue weighted by molar-refractivity contribution is 0.0599. The van der Waals surface area contributed by atoms with Crippen molar-refractivity contribution in [3.8, 4) is 11.8 Å². The van der Waals surface area contributed by atoms with Crippen LogP contribution in [0.25, 0.3) is 0 Å². The van der Waals surface area contributed by atoms with Crippen molar-refractivity contribution in [3.63, 3.8) is 0 Å². The molecule has 0 atom stereocenters. The fourth-order valence-corrected chi connectivity index (χ4v) is 1.74. The molecule has 0 saturated carbocycles. The fraction of sp³-hybridized carbons (Fsp3) is 0.125. The Labute approximate surface area is 125 Å². The number of carbonyl (C=O) groups is 1. The van der Waals surface area contributed by atoms with E-state index >= 15 is 0 Å². The van der Waals surface area contributed by atoms with Gasteiger partial charge in [-0.15, -0.1) is 0 Å². The van der Waals surface area contributed by atoms with Crippen LogP contribution < -0.4 is 5.73 Å². The predicted octanol–water partition coefficient (Wildman–Crippen LogP) is 2.44. The molecule has 2 rings (SSSR count). The van der Waals surface area contributed by atoms with Crippen LogP contribution in [0.3, 0.4) is 0 Å². The summed E-state index contributed by atoms with van der Waals surface area (Å²) in [5, 5.41) is 0. The third-order valence-corrected chi connectivity index (χ3v) is 2.84. The number of methoxy groups -OCH3 is 1. The number of nitrogens with two attached hydrogens (primary N) is 1. The average molecular weight is 302 g/mol. The first-order chi connectivity index (χ1) is 10.4. The lowest BCUT2D eigenvalue weighted by Gasteiger charge is -2.02. The second kappa shape index (κ2) is 6.22. The molecule has 6 heteroatoms. The summed E-state index contributed by atoms with van der Waals surface area (Å²) in [6.45, 7) is 1.80. The molecule has 1 aromatic carbocycles. The molecular weight excluding hydrogens is 290 g/mol. The fourth-order valence-electron chi connectivity index (χ4n) is 1.74. The normalized spacial score (nSPS) is 9.82. The highest BCUT2D eigenvalue weighted by Crippen LogP contribution is 2.16. The number of anilines is 1. The summed E-state index contributed by atoms with van der Waals surface area (Å²) in [4.78, 5) is 15.2. The zero-order valence-corrected chi connectivity index (χ0v) is 11.9. The highest BCUT2D eigenvalue weighted by Gasteiger charge is 2.14. The minimum absolute atomic E-state index is 0.171. The molecule has 0 fully saturated rings. The number of hydrogen-bond acceptors (Lipinski definition) is 4. The molecular formula is C16H12F2N2O2. The van der Waals surface area contributed by atoms with Crippen LogP contribution in [0.5, 0.6) is 0 Å². The molecule has 0 bridgehead atoms. The summed E-state index contributed by atoms with van der Waals surface area (Å²) in [7, 11) is 1.12. The van der Waals surface area contributed by atoms with Gasteiger partial charge in [-0.1, -0.05) is 11.8 Å². The van der Waals surface area contributed by atoms with E-state index < -0.39 is 23.2 Å². The molecule has 1 aromatic heterocycles. The van der Waals surface area contributed by atoms with E-state index in [9.17, 15) is 13.6 Å². The molecule has 22 heavy (non-hydrogen) atoms. The summed E-state index contributed by atoms with van der Waals surface area (Å²) < 4.78 is 32.2. The minimum atomic E-state index is -0.952. The summed E-state index contributed by atoms with van der Waals surface area (Å²) >= 11 is 0. The van der Waals surface area contributed by atoms with Gasteiger partial charge < -0.3 is 10.5 Å². The average Bonchev–Trinajstić information content (AvgIpc) is 2.48. The van der Waals surface area contributed by atoms with E-state index in [1.165, 1.54) is 0 Å². The lowest BCUT2D eigenvalue weighted by atomic mass is 10.1. The predicted molar refractivity (Wildman–Crippen MR) is 77.1 cm³/mol. The first-order valence-corrected chi connectivity index (χ1v) is 6.24. The topological polar surface area (TPSA) is 65.2 Å². The molecule has 0 aliphatic rings. The van der Waals surface area contributed by atoms with Gasteiger partial charge in [0.05, 0.1) is 23.8 Å². The highest BCUT2D eigenvalue weighted by molar-refractivity contribution is 5.89. The number of halogens is 2. The maximum Gasteiger partial charge on any atom is 0.338 e. The number of nitrogens with zero attached hydrogens (tertiary/aromatic N) is 1. The van der Waals surface area contributed by atoms with E-state index in [0.29, 0.717) is 5.56 Å². The van der Waals surface area contributed by atoms with Crippen molar-refractivity contribution in [3.05, 3.63) is 58.3 Å². The molecule has 0 spiro atoms. The molecule has 0 amide bonds. The molecule has 0 radical (unpaired) electrons. The van der Waals surface area contributed by atoms with Gasteiger partial charge in [-0.25, -0.2) is 18.6 Å². The number of ether oxygens (including phenoxy) is 1. The number of nitrogen functional groups attached to an aromatic ring is 1. The zero-order chi connectivity index (χ0) is 16.3. The molecule has 4 nitrogen and oxygen atoms in total. The molecule has 0 saturated heterocycles. The van der Waals surface area contributed by atoms with Gasteiger partial charge in [0.1, 0.15) is 17.5 Å². The zero-order valence-electron chi connectivity index (χ0n) is 11.9. The van der Waals surface area contributed by atoms with E-state index in [2.05, 4.69) is 21.6 Å². The van der Waals surface area contributed by atoms with Gasteiger partial charge in [-0.3, -0.25) is 0 Å². The second-order valence-electron chi connectivity index (χ2n) is 4.50. The van der Waals surface area contributed by atoms with E-state index in [-0.39, 0.29) is 11.4 Å². The maximum atomic E-state index is 13.9. The van der Waals surface area contributed by atoms with Crippen LogP contribution in [0.1, 0.15) is 27.0 Å². The number of aromatic nitrogens is 1. The van der Waals surface area contributed by atoms with Gasteiger partial charge in [-0.2, -0.15) is 0 Å². The SMILES string of the molecule is COC(=O)c1cc(F)c(C#Cc2cc(C)cnc2N)c(F)c1. The number of aryl methyl sites for hydroxylation is 1. The first kappa shape index (κ1) is 15.4.